The van der Waals surface area contributed by atoms with Crippen LogP contribution in [0.25, 0.3) is 0 Å². The van der Waals surface area contributed by atoms with E-state index in [1.807, 2.05) is 18.2 Å². The topological polar surface area (TPSA) is 67.2 Å². The predicted molar refractivity (Wildman–Crippen MR) is 92.5 cm³/mol. The van der Waals surface area contributed by atoms with Gasteiger partial charge in [-0.05, 0) is 19.1 Å². The maximum atomic E-state index is 12.5. The first-order chi connectivity index (χ1) is 10.8. The molecule has 0 aliphatic rings. The van der Waals surface area contributed by atoms with Crippen LogP contribution in [-0.2, 0) is 12.6 Å². The molecule has 0 unspecified atom stereocenters. The van der Waals surface area contributed by atoms with Gasteiger partial charge in [-0.2, -0.15) is 5.10 Å². The second-order valence-electron chi connectivity index (χ2n) is 6.02. The first kappa shape index (κ1) is 17.6. The number of aromatic nitrogens is 2. The molecule has 0 saturated carbocycles. The number of amides is 1. The van der Waals surface area contributed by atoms with Crippen molar-refractivity contribution in [2.75, 3.05) is 6.54 Å². The van der Waals surface area contributed by atoms with Crippen molar-refractivity contribution in [1.29, 1.82) is 0 Å². The molecule has 0 saturated heterocycles. The fourth-order valence-electron chi connectivity index (χ4n) is 2.16. The molecule has 2 rings (SSSR count). The van der Waals surface area contributed by atoms with E-state index in [9.17, 15) is 9.90 Å². The Morgan fingerprint density at radius 2 is 2.13 bits per heavy atom. The van der Waals surface area contributed by atoms with Crippen LogP contribution in [0.5, 0.6) is 0 Å². The number of aliphatic hydroxyl groups is 1. The van der Waals surface area contributed by atoms with Gasteiger partial charge in [-0.3, -0.25) is 9.48 Å². The summed E-state index contributed by atoms with van der Waals surface area (Å²) < 4.78 is 1.63. The second kappa shape index (κ2) is 7.19. The summed E-state index contributed by atoms with van der Waals surface area (Å²) in [4.78, 5) is 13.4. The normalized spacial score (nSPS) is 13.8. The number of carbonyl (C=O) groups is 1. The summed E-state index contributed by atoms with van der Waals surface area (Å²) >= 11 is 1.65. The molecule has 0 fully saturated rings. The van der Waals surface area contributed by atoms with Gasteiger partial charge in [0, 0.05) is 29.0 Å². The molecule has 1 atom stereocenters. The third-order valence-electron chi connectivity index (χ3n) is 3.41. The van der Waals surface area contributed by atoms with Crippen molar-refractivity contribution in [2.24, 2.45) is 7.05 Å². The lowest BCUT2D eigenvalue weighted by Gasteiger charge is -2.22. The van der Waals surface area contributed by atoms with E-state index in [1.165, 1.54) is 0 Å². The van der Waals surface area contributed by atoms with Crippen molar-refractivity contribution < 1.29 is 9.90 Å². The largest absolute Gasteiger partial charge is 0.383 e. The van der Waals surface area contributed by atoms with Crippen molar-refractivity contribution in [1.82, 2.24) is 15.1 Å². The van der Waals surface area contributed by atoms with Gasteiger partial charge in [-0.1, -0.05) is 26.0 Å². The number of thioether (sulfide) groups is 1. The summed E-state index contributed by atoms with van der Waals surface area (Å²) in [7, 11) is 1.79. The minimum absolute atomic E-state index is 0.123. The fraction of sp³-hybridized carbons (Fsp3) is 0.412. The van der Waals surface area contributed by atoms with Crippen molar-refractivity contribution in [2.45, 2.75) is 36.5 Å². The first-order valence-electron chi connectivity index (χ1n) is 7.55. The summed E-state index contributed by atoms with van der Waals surface area (Å²) in [5.74, 6) is -0.182. The molecule has 1 aromatic carbocycles. The monoisotopic (exact) mass is 333 g/mol. The summed E-state index contributed by atoms with van der Waals surface area (Å²) in [6.45, 7) is 5.97. The lowest BCUT2D eigenvalue weighted by atomic mass is 9.99. The molecule has 0 radical (unpaired) electrons. The molecule has 6 heteroatoms. The van der Waals surface area contributed by atoms with Gasteiger partial charge in [-0.15, -0.1) is 11.8 Å². The molecule has 0 aliphatic heterocycles. The molecule has 2 N–H and O–H groups in total. The van der Waals surface area contributed by atoms with Crippen molar-refractivity contribution in [3.63, 3.8) is 0 Å². The van der Waals surface area contributed by atoms with E-state index < -0.39 is 5.60 Å². The average molecular weight is 333 g/mol. The van der Waals surface area contributed by atoms with E-state index in [0.29, 0.717) is 16.4 Å². The SMILES string of the molecule is CC(C)Sc1ccccc1C(=O)NC[C@@](C)(O)c1cnn(C)c1. The minimum atomic E-state index is -1.16. The number of nitrogens with one attached hydrogen (secondary N) is 1. The highest BCUT2D eigenvalue weighted by atomic mass is 32.2. The third kappa shape index (κ3) is 4.59. The summed E-state index contributed by atoms with van der Waals surface area (Å²) in [6.07, 6.45) is 3.35. The van der Waals surface area contributed by atoms with Gasteiger partial charge in [-0.25, -0.2) is 0 Å². The van der Waals surface area contributed by atoms with Crippen LogP contribution in [0.2, 0.25) is 0 Å². The van der Waals surface area contributed by atoms with Crippen LogP contribution in [0.1, 0.15) is 36.7 Å². The van der Waals surface area contributed by atoms with Crippen molar-refractivity contribution >= 4 is 17.7 Å². The Labute approximate surface area is 141 Å². The number of nitrogens with zero attached hydrogens (tertiary/aromatic N) is 2. The quantitative estimate of drug-likeness (QED) is 0.797. The van der Waals surface area contributed by atoms with E-state index in [1.54, 1.807) is 48.9 Å². The van der Waals surface area contributed by atoms with E-state index in [0.717, 1.165) is 4.90 Å². The number of carbonyl (C=O) groups excluding carboxylic acids is 1. The van der Waals surface area contributed by atoms with Crippen LogP contribution in [0.3, 0.4) is 0 Å². The van der Waals surface area contributed by atoms with E-state index in [-0.39, 0.29) is 12.5 Å². The van der Waals surface area contributed by atoms with Crippen LogP contribution >= 0.6 is 11.8 Å². The Hall–Kier alpha value is -1.79. The van der Waals surface area contributed by atoms with Gasteiger partial charge < -0.3 is 10.4 Å². The zero-order valence-corrected chi connectivity index (χ0v) is 14.7. The van der Waals surface area contributed by atoms with E-state index >= 15 is 0 Å². The van der Waals surface area contributed by atoms with Crippen LogP contribution in [0.4, 0.5) is 0 Å². The molecule has 124 valence electrons. The highest BCUT2D eigenvalue weighted by Gasteiger charge is 2.26. The predicted octanol–water partition coefficient (Wildman–Crippen LogP) is 2.56. The van der Waals surface area contributed by atoms with Crippen molar-refractivity contribution in [3.8, 4) is 0 Å². The smallest absolute Gasteiger partial charge is 0.252 e. The van der Waals surface area contributed by atoms with Gasteiger partial charge >= 0.3 is 0 Å². The molecule has 1 heterocycles. The highest BCUT2D eigenvalue weighted by molar-refractivity contribution is 8.00. The molecule has 5 nitrogen and oxygen atoms in total. The van der Waals surface area contributed by atoms with Gasteiger partial charge in [0.25, 0.3) is 5.91 Å². The fourth-order valence-corrected chi connectivity index (χ4v) is 3.11. The van der Waals surface area contributed by atoms with Gasteiger partial charge in [0.15, 0.2) is 0 Å². The number of benzene rings is 1. The van der Waals surface area contributed by atoms with Gasteiger partial charge in [0.2, 0.25) is 0 Å². The molecule has 1 aromatic heterocycles. The van der Waals surface area contributed by atoms with E-state index in [4.69, 9.17) is 0 Å². The molecule has 0 spiro atoms. The Morgan fingerprint density at radius 1 is 1.43 bits per heavy atom. The van der Waals surface area contributed by atoms with E-state index in [2.05, 4.69) is 24.3 Å². The maximum Gasteiger partial charge on any atom is 0.252 e. The average Bonchev–Trinajstić information content (AvgIpc) is 2.92. The Bertz CT molecular complexity index is 680. The highest BCUT2D eigenvalue weighted by Crippen LogP contribution is 2.26. The molecule has 0 bridgehead atoms. The van der Waals surface area contributed by atoms with Gasteiger partial charge in [0.05, 0.1) is 18.3 Å². The van der Waals surface area contributed by atoms with Crippen LogP contribution < -0.4 is 5.32 Å². The Kier molecular flexibility index (Phi) is 5.49. The molecule has 2 aromatic rings. The summed E-state index contributed by atoms with van der Waals surface area (Å²) in [5.41, 5.74) is 0.141. The summed E-state index contributed by atoms with van der Waals surface area (Å²) in [6, 6.07) is 7.52. The first-order valence-corrected chi connectivity index (χ1v) is 8.43. The molecule has 23 heavy (non-hydrogen) atoms. The lowest BCUT2D eigenvalue weighted by molar-refractivity contribution is 0.0525. The van der Waals surface area contributed by atoms with Crippen LogP contribution in [0.15, 0.2) is 41.6 Å². The summed E-state index contributed by atoms with van der Waals surface area (Å²) in [5, 5.41) is 17.8. The van der Waals surface area contributed by atoms with Crippen molar-refractivity contribution in [3.05, 3.63) is 47.8 Å². The molecular formula is C17H23N3O2S. The maximum absolute atomic E-state index is 12.5. The third-order valence-corrected chi connectivity index (χ3v) is 4.50. The number of hydrogen-bond donors (Lipinski definition) is 2. The molecular weight excluding hydrogens is 310 g/mol. The molecule has 1 amide bonds. The second-order valence-corrected chi connectivity index (χ2v) is 7.64. The zero-order chi connectivity index (χ0) is 17.0. The standard InChI is InChI=1S/C17H23N3O2S/c1-12(2)23-15-8-6-5-7-14(15)16(21)18-11-17(3,22)13-9-19-20(4)10-13/h5-10,12,22H,11H2,1-4H3,(H,18,21)/t17-/m1/s1. The number of hydrogen-bond acceptors (Lipinski definition) is 4. The van der Waals surface area contributed by atoms with Crippen LogP contribution in [-0.4, -0.2) is 32.6 Å². The Morgan fingerprint density at radius 3 is 2.74 bits per heavy atom. The Balaban J connectivity index is 2.08. The minimum Gasteiger partial charge on any atom is -0.383 e. The molecule has 0 aliphatic carbocycles. The lowest BCUT2D eigenvalue weighted by Crippen LogP contribution is -2.38. The zero-order valence-electron chi connectivity index (χ0n) is 13.9. The number of rotatable bonds is 6. The number of aryl methyl sites for hydroxylation is 1. The van der Waals surface area contributed by atoms with Crippen LogP contribution in [0, 0.1) is 0 Å². The van der Waals surface area contributed by atoms with Gasteiger partial charge in [0.1, 0.15) is 5.60 Å².